The van der Waals surface area contributed by atoms with Crippen molar-refractivity contribution in [2.24, 2.45) is 0 Å². The maximum Gasteiger partial charge on any atom is 0.252 e. The smallest absolute Gasteiger partial charge is 0.252 e. The van der Waals surface area contributed by atoms with Crippen LogP contribution in [-0.4, -0.2) is 22.6 Å². The molecule has 0 aliphatic carbocycles. The zero-order valence-electron chi connectivity index (χ0n) is 7.16. The molecule has 0 saturated heterocycles. The molecule has 0 radical (unpaired) electrons. The van der Waals surface area contributed by atoms with Crippen molar-refractivity contribution in [3.63, 3.8) is 0 Å². The molecule has 1 amide bonds. The van der Waals surface area contributed by atoms with E-state index < -0.39 is 0 Å². The Labute approximate surface area is 71.0 Å². The maximum absolute atomic E-state index is 11.2. The molecule has 0 bridgehead atoms. The third-order valence-electron chi connectivity index (χ3n) is 1.38. The van der Waals surface area contributed by atoms with Gasteiger partial charge >= 0.3 is 0 Å². The number of aromatic nitrogens is 2. The molecular formula is C8H11N3O. The van der Waals surface area contributed by atoms with Crippen LogP contribution in [0.5, 0.6) is 0 Å². The number of nitrogens with one attached hydrogen (secondary N) is 1. The monoisotopic (exact) mass is 165 g/mol. The third kappa shape index (κ3) is 2.02. The summed E-state index contributed by atoms with van der Waals surface area (Å²) in [7, 11) is 0. The zero-order chi connectivity index (χ0) is 8.97. The highest BCUT2D eigenvalue weighted by atomic mass is 16.1. The van der Waals surface area contributed by atoms with Gasteiger partial charge in [-0.1, -0.05) is 0 Å². The Kier molecular flexibility index (Phi) is 2.74. The van der Waals surface area contributed by atoms with Gasteiger partial charge in [0.1, 0.15) is 0 Å². The second kappa shape index (κ2) is 3.80. The van der Waals surface area contributed by atoms with Gasteiger partial charge in [0.2, 0.25) is 0 Å². The molecule has 0 fully saturated rings. The van der Waals surface area contributed by atoms with Crippen LogP contribution < -0.4 is 5.32 Å². The van der Waals surface area contributed by atoms with Crippen LogP contribution in [0.1, 0.15) is 23.0 Å². The van der Waals surface area contributed by atoms with E-state index in [1.807, 2.05) is 6.92 Å². The number of nitrogens with zero attached hydrogens (tertiary/aromatic N) is 2. The van der Waals surface area contributed by atoms with Gasteiger partial charge in [0.15, 0.2) is 0 Å². The fourth-order valence-electron chi connectivity index (χ4n) is 0.860. The minimum atomic E-state index is -0.101. The summed E-state index contributed by atoms with van der Waals surface area (Å²) in [6.07, 6.45) is 1.46. The summed E-state index contributed by atoms with van der Waals surface area (Å²) >= 11 is 0. The average molecular weight is 165 g/mol. The van der Waals surface area contributed by atoms with Crippen LogP contribution in [0.4, 0.5) is 0 Å². The predicted octanol–water partition coefficient (Wildman–Crippen LogP) is 0.535. The maximum atomic E-state index is 11.2. The van der Waals surface area contributed by atoms with E-state index in [2.05, 4.69) is 15.5 Å². The number of carbonyl (C=O) groups excluding carboxylic acids is 1. The van der Waals surface area contributed by atoms with E-state index in [-0.39, 0.29) is 5.91 Å². The standard InChI is InChI=1S/C8H11N3O/c1-3-9-8(12)7-4-6(2)11-10-5-7/h4-5H,3H2,1-2H3,(H,9,12). The molecule has 1 aromatic heterocycles. The van der Waals surface area contributed by atoms with Crippen molar-refractivity contribution in [2.45, 2.75) is 13.8 Å². The summed E-state index contributed by atoms with van der Waals surface area (Å²) in [6, 6.07) is 1.71. The first-order chi connectivity index (χ1) is 5.74. The third-order valence-corrected chi connectivity index (χ3v) is 1.38. The summed E-state index contributed by atoms with van der Waals surface area (Å²) in [6.45, 7) is 4.30. The molecule has 4 nitrogen and oxygen atoms in total. The quantitative estimate of drug-likeness (QED) is 0.695. The molecule has 0 unspecified atom stereocenters. The summed E-state index contributed by atoms with van der Waals surface area (Å²) < 4.78 is 0. The molecular weight excluding hydrogens is 154 g/mol. The van der Waals surface area contributed by atoms with Crippen LogP contribution in [0.3, 0.4) is 0 Å². The fourth-order valence-corrected chi connectivity index (χ4v) is 0.860. The lowest BCUT2D eigenvalue weighted by atomic mass is 10.2. The van der Waals surface area contributed by atoms with Gasteiger partial charge in [-0.2, -0.15) is 10.2 Å². The first-order valence-corrected chi connectivity index (χ1v) is 3.81. The minimum absolute atomic E-state index is 0.101. The number of rotatable bonds is 2. The van der Waals surface area contributed by atoms with Crippen molar-refractivity contribution in [1.29, 1.82) is 0 Å². The largest absolute Gasteiger partial charge is 0.352 e. The predicted molar refractivity (Wildman–Crippen MR) is 44.8 cm³/mol. The SMILES string of the molecule is CCNC(=O)c1cnnc(C)c1. The average Bonchev–Trinajstić information content (AvgIpc) is 2.05. The molecule has 1 aromatic rings. The van der Waals surface area contributed by atoms with E-state index in [0.29, 0.717) is 12.1 Å². The molecule has 0 saturated carbocycles. The lowest BCUT2D eigenvalue weighted by molar-refractivity contribution is 0.0955. The van der Waals surface area contributed by atoms with Crippen molar-refractivity contribution < 1.29 is 4.79 Å². The lowest BCUT2D eigenvalue weighted by Crippen LogP contribution is -2.22. The molecule has 0 atom stereocenters. The minimum Gasteiger partial charge on any atom is -0.352 e. The van der Waals surface area contributed by atoms with Crippen molar-refractivity contribution >= 4 is 5.91 Å². The van der Waals surface area contributed by atoms with Crippen LogP contribution in [0, 0.1) is 6.92 Å². The highest BCUT2D eigenvalue weighted by Crippen LogP contribution is 1.97. The molecule has 0 spiro atoms. The molecule has 64 valence electrons. The Morgan fingerprint density at radius 2 is 2.42 bits per heavy atom. The normalized spacial score (nSPS) is 9.50. The van der Waals surface area contributed by atoms with E-state index in [1.165, 1.54) is 6.20 Å². The second-order valence-electron chi connectivity index (χ2n) is 2.45. The molecule has 4 heteroatoms. The van der Waals surface area contributed by atoms with Gasteiger partial charge in [0.05, 0.1) is 17.5 Å². The van der Waals surface area contributed by atoms with Crippen molar-refractivity contribution in [1.82, 2.24) is 15.5 Å². The topological polar surface area (TPSA) is 54.9 Å². The Hall–Kier alpha value is -1.45. The first-order valence-electron chi connectivity index (χ1n) is 3.81. The Morgan fingerprint density at radius 1 is 1.67 bits per heavy atom. The summed E-state index contributed by atoms with van der Waals surface area (Å²) in [5, 5.41) is 10.1. The lowest BCUT2D eigenvalue weighted by Gasteiger charge is -2.00. The van der Waals surface area contributed by atoms with Crippen LogP contribution in [-0.2, 0) is 0 Å². The molecule has 0 aliphatic heterocycles. The highest BCUT2D eigenvalue weighted by molar-refractivity contribution is 5.93. The molecule has 12 heavy (non-hydrogen) atoms. The van der Waals surface area contributed by atoms with Gasteiger partial charge in [-0.3, -0.25) is 4.79 Å². The molecule has 1 N–H and O–H groups in total. The number of hydrogen-bond acceptors (Lipinski definition) is 3. The van der Waals surface area contributed by atoms with E-state index in [4.69, 9.17) is 0 Å². The van der Waals surface area contributed by atoms with Gasteiger partial charge in [-0.25, -0.2) is 0 Å². The summed E-state index contributed by atoms with van der Waals surface area (Å²) in [4.78, 5) is 11.2. The number of aryl methyl sites for hydroxylation is 1. The number of hydrogen-bond donors (Lipinski definition) is 1. The molecule has 1 heterocycles. The van der Waals surface area contributed by atoms with E-state index in [9.17, 15) is 4.79 Å². The zero-order valence-corrected chi connectivity index (χ0v) is 7.16. The number of carbonyl (C=O) groups is 1. The Morgan fingerprint density at radius 3 is 3.00 bits per heavy atom. The molecule has 0 aromatic carbocycles. The Bertz CT molecular complexity index is 285. The van der Waals surface area contributed by atoms with Gasteiger partial charge in [-0.15, -0.1) is 0 Å². The fraction of sp³-hybridized carbons (Fsp3) is 0.375. The molecule has 0 aliphatic rings. The summed E-state index contributed by atoms with van der Waals surface area (Å²) in [5.41, 5.74) is 1.31. The van der Waals surface area contributed by atoms with Crippen LogP contribution in [0.2, 0.25) is 0 Å². The van der Waals surface area contributed by atoms with Crippen molar-refractivity contribution in [3.8, 4) is 0 Å². The van der Waals surface area contributed by atoms with Gasteiger partial charge in [-0.05, 0) is 19.9 Å². The van der Waals surface area contributed by atoms with Crippen LogP contribution in [0.15, 0.2) is 12.3 Å². The highest BCUT2D eigenvalue weighted by Gasteiger charge is 2.03. The van der Waals surface area contributed by atoms with Crippen molar-refractivity contribution in [3.05, 3.63) is 23.5 Å². The van der Waals surface area contributed by atoms with Gasteiger partial charge in [0.25, 0.3) is 5.91 Å². The first kappa shape index (κ1) is 8.64. The van der Waals surface area contributed by atoms with Gasteiger partial charge in [0, 0.05) is 6.54 Å². The Balaban J connectivity index is 2.81. The van der Waals surface area contributed by atoms with E-state index >= 15 is 0 Å². The van der Waals surface area contributed by atoms with Crippen molar-refractivity contribution in [2.75, 3.05) is 6.54 Å². The van der Waals surface area contributed by atoms with E-state index in [1.54, 1.807) is 13.0 Å². The van der Waals surface area contributed by atoms with Gasteiger partial charge < -0.3 is 5.32 Å². The second-order valence-corrected chi connectivity index (χ2v) is 2.45. The van der Waals surface area contributed by atoms with Crippen LogP contribution in [0.25, 0.3) is 0 Å². The van der Waals surface area contributed by atoms with E-state index in [0.717, 1.165) is 5.69 Å². The molecule has 1 rings (SSSR count). The van der Waals surface area contributed by atoms with Crippen LogP contribution >= 0.6 is 0 Å². The number of amides is 1. The summed E-state index contributed by atoms with van der Waals surface area (Å²) in [5.74, 6) is -0.101.